The van der Waals surface area contributed by atoms with Crippen LogP contribution in [0.15, 0.2) is 0 Å². The number of hydrogen-bond donors (Lipinski definition) is 1. The second-order valence-electron chi connectivity index (χ2n) is 3.13. The van der Waals surface area contributed by atoms with Crippen LogP contribution >= 0.6 is 0 Å². The molecular weight excluding hydrogens is 162 g/mol. The molecule has 3 heteroatoms. The molecule has 3 nitrogen and oxygen atoms in total. The lowest BCUT2D eigenvalue weighted by Gasteiger charge is -2.17. The Labute approximate surface area is 81.7 Å². The number of unbranched alkanes of at least 4 members (excludes halogenated alkanes) is 2. The van der Waals surface area contributed by atoms with E-state index in [4.69, 9.17) is 5.26 Å². The van der Waals surface area contributed by atoms with E-state index in [1.165, 1.54) is 19.4 Å². The number of hydrogen-bond acceptors (Lipinski definition) is 3. The van der Waals surface area contributed by atoms with Gasteiger partial charge in [-0.05, 0) is 32.5 Å². The van der Waals surface area contributed by atoms with Crippen molar-refractivity contribution in [2.24, 2.45) is 0 Å². The maximum absolute atomic E-state index is 8.22. The molecule has 0 aliphatic heterocycles. The molecule has 13 heavy (non-hydrogen) atoms. The zero-order valence-electron chi connectivity index (χ0n) is 8.84. The summed E-state index contributed by atoms with van der Waals surface area (Å²) in [6.07, 6.45) is 5.49. The van der Waals surface area contributed by atoms with Gasteiger partial charge in [0.15, 0.2) is 6.19 Å². The molecule has 0 rings (SSSR count). The normalized spacial score (nSPS) is 10.0. The fraction of sp³-hybridized carbons (Fsp3) is 0.900. The molecule has 0 aromatic carbocycles. The molecule has 0 unspecified atom stereocenters. The molecule has 76 valence electrons. The third kappa shape index (κ3) is 7.61. The Kier molecular flexibility index (Phi) is 8.80. The molecule has 1 N–H and O–H groups in total. The van der Waals surface area contributed by atoms with Crippen LogP contribution in [0.1, 0.15) is 33.1 Å². The van der Waals surface area contributed by atoms with Gasteiger partial charge in [-0.3, -0.25) is 0 Å². The number of rotatable bonds is 8. The van der Waals surface area contributed by atoms with E-state index >= 15 is 0 Å². The first kappa shape index (κ1) is 12.2. The molecule has 0 aliphatic carbocycles. The lowest BCUT2D eigenvalue weighted by atomic mass is 10.2. The quantitative estimate of drug-likeness (QED) is 0.353. The Morgan fingerprint density at radius 2 is 1.85 bits per heavy atom. The molecule has 0 bridgehead atoms. The van der Waals surface area contributed by atoms with E-state index in [1.54, 1.807) is 0 Å². The lowest BCUT2D eigenvalue weighted by Crippen LogP contribution is -2.24. The molecule has 0 atom stereocenters. The topological polar surface area (TPSA) is 39.1 Å². The van der Waals surface area contributed by atoms with E-state index < -0.39 is 0 Å². The molecule has 0 spiro atoms. The van der Waals surface area contributed by atoms with Crippen LogP contribution in [-0.4, -0.2) is 31.1 Å². The summed E-state index contributed by atoms with van der Waals surface area (Å²) in [6, 6.07) is 0. The van der Waals surface area contributed by atoms with Crippen molar-refractivity contribution in [1.29, 1.82) is 5.26 Å². The SMILES string of the molecule is CCN(CC)CCCCCNC#N. The third-order valence-corrected chi connectivity index (χ3v) is 2.25. The maximum Gasteiger partial charge on any atom is 0.176 e. The summed E-state index contributed by atoms with van der Waals surface area (Å²) in [5, 5.41) is 10.9. The molecule has 0 radical (unpaired) electrons. The van der Waals surface area contributed by atoms with Gasteiger partial charge in [-0.15, -0.1) is 0 Å². The van der Waals surface area contributed by atoms with Crippen LogP contribution < -0.4 is 5.32 Å². The Morgan fingerprint density at radius 1 is 1.15 bits per heavy atom. The monoisotopic (exact) mass is 183 g/mol. The van der Waals surface area contributed by atoms with Crippen molar-refractivity contribution < 1.29 is 0 Å². The maximum atomic E-state index is 8.22. The highest BCUT2D eigenvalue weighted by molar-refractivity contribution is 4.64. The van der Waals surface area contributed by atoms with Crippen LogP contribution in [-0.2, 0) is 0 Å². The van der Waals surface area contributed by atoms with E-state index in [1.807, 2.05) is 6.19 Å². The zero-order valence-corrected chi connectivity index (χ0v) is 8.84. The van der Waals surface area contributed by atoms with Crippen molar-refractivity contribution in [3.63, 3.8) is 0 Å². The first-order valence-electron chi connectivity index (χ1n) is 5.19. The molecule has 0 heterocycles. The standard InChI is InChI=1S/C10H21N3/c1-3-13(4-2)9-7-5-6-8-12-10-11/h12H,3-9H2,1-2H3. The minimum Gasteiger partial charge on any atom is -0.324 e. The largest absolute Gasteiger partial charge is 0.324 e. The van der Waals surface area contributed by atoms with Crippen LogP contribution in [0.2, 0.25) is 0 Å². The van der Waals surface area contributed by atoms with Gasteiger partial charge in [0.1, 0.15) is 0 Å². The van der Waals surface area contributed by atoms with Crippen LogP contribution in [0.25, 0.3) is 0 Å². The van der Waals surface area contributed by atoms with Crippen molar-refractivity contribution in [2.75, 3.05) is 26.2 Å². The van der Waals surface area contributed by atoms with Crippen LogP contribution in [0.4, 0.5) is 0 Å². The van der Waals surface area contributed by atoms with Gasteiger partial charge in [0.2, 0.25) is 0 Å². The average molecular weight is 183 g/mol. The molecule has 0 amide bonds. The molecule has 0 fully saturated rings. The van der Waals surface area contributed by atoms with Crippen molar-refractivity contribution in [3.8, 4) is 6.19 Å². The van der Waals surface area contributed by atoms with Gasteiger partial charge >= 0.3 is 0 Å². The number of nitriles is 1. The van der Waals surface area contributed by atoms with Crippen LogP contribution in [0.3, 0.4) is 0 Å². The van der Waals surface area contributed by atoms with Crippen molar-refractivity contribution in [2.45, 2.75) is 33.1 Å². The van der Waals surface area contributed by atoms with E-state index in [0.29, 0.717) is 0 Å². The number of nitrogens with zero attached hydrogens (tertiary/aromatic N) is 2. The summed E-state index contributed by atoms with van der Waals surface area (Å²) in [5.41, 5.74) is 0. The van der Waals surface area contributed by atoms with Crippen molar-refractivity contribution in [1.82, 2.24) is 10.2 Å². The van der Waals surface area contributed by atoms with Gasteiger partial charge in [-0.1, -0.05) is 20.3 Å². The molecule has 0 aromatic rings. The summed E-state index contributed by atoms with van der Waals surface area (Å²) in [4.78, 5) is 2.43. The van der Waals surface area contributed by atoms with Gasteiger partial charge in [-0.2, -0.15) is 5.26 Å². The minimum absolute atomic E-state index is 0.828. The van der Waals surface area contributed by atoms with Crippen molar-refractivity contribution in [3.05, 3.63) is 0 Å². The highest BCUT2D eigenvalue weighted by atomic mass is 15.1. The van der Waals surface area contributed by atoms with Crippen LogP contribution in [0.5, 0.6) is 0 Å². The molecule has 0 saturated carbocycles. The van der Waals surface area contributed by atoms with Gasteiger partial charge < -0.3 is 10.2 Å². The van der Waals surface area contributed by atoms with Gasteiger partial charge in [-0.25, -0.2) is 0 Å². The van der Waals surface area contributed by atoms with Gasteiger partial charge in [0.25, 0.3) is 0 Å². The molecular formula is C10H21N3. The summed E-state index contributed by atoms with van der Waals surface area (Å²) < 4.78 is 0. The third-order valence-electron chi connectivity index (χ3n) is 2.25. The summed E-state index contributed by atoms with van der Waals surface area (Å²) >= 11 is 0. The van der Waals surface area contributed by atoms with E-state index in [2.05, 4.69) is 24.1 Å². The van der Waals surface area contributed by atoms with E-state index in [-0.39, 0.29) is 0 Å². The lowest BCUT2D eigenvalue weighted by molar-refractivity contribution is 0.296. The Bertz CT molecular complexity index is 136. The fourth-order valence-corrected chi connectivity index (χ4v) is 1.32. The van der Waals surface area contributed by atoms with E-state index in [9.17, 15) is 0 Å². The predicted molar refractivity (Wildman–Crippen MR) is 55.3 cm³/mol. The second kappa shape index (κ2) is 9.34. The Balaban J connectivity index is 3.11. The van der Waals surface area contributed by atoms with Crippen molar-refractivity contribution >= 4 is 0 Å². The first-order valence-corrected chi connectivity index (χ1v) is 5.19. The first-order chi connectivity index (χ1) is 6.35. The smallest absolute Gasteiger partial charge is 0.176 e. The highest BCUT2D eigenvalue weighted by Gasteiger charge is 1.97. The predicted octanol–water partition coefficient (Wildman–Crippen LogP) is 1.57. The molecule has 0 aromatic heterocycles. The average Bonchev–Trinajstić information content (AvgIpc) is 2.17. The minimum atomic E-state index is 0.828. The fourth-order valence-electron chi connectivity index (χ4n) is 1.32. The summed E-state index contributed by atoms with van der Waals surface area (Å²) in [5.74, 6) is 0. The van der Waals surface area contributed by atoms with Gasteiger partial charge in [0.05, 0.1) is 0 Å². The van der Waals surface area contributed by atoms with Gasteiger partial charge in [0, 0.05) is 6.54 Å². The summed E-state index contributed by atoms with van der Waals surface area (Å²) in [6.45, 7) is 8.70. The number of nitrogens with one attached hydrogen (secondary N) is 1. The second-order valence-corrected chi connectivity index (χ2v) is 3.13. The summed E-state index contributed by atoms with van der Waals surface area (Å²) in [7, 11) is 0. The molecule has 0 aliphatic rings. The Morgan fingerprint density at radius 3 is 2.38 bits per heavy atom. The zero-order chi connectivity index (χ0) is 9.94. The Hall–Kier alpha value is -0.750. The highest BCUT2D eigenvalue weighted by Crippen LogP contribution is 1.97. The molecule has 0 saturated heterocycles. The van der Waals surface area contributed by atoms with E-state index in [0.717, 1.165) is 26.1 Å². The van der Waals surface area contributed by atoms with Crippen LogP contribution in [0, 0.1) is 11.5 Å².